The van der Waals surface area contributed by atoms with Gasteiger partial charge in [0.15, 0.2) is 0 Å². The lowest BCUT2D eigenvalue weighted by atomic mass is 10.2. The van der Waals surface area contributed by atoms with E-state index in [0.717, 1.165) is 0 Å². The largest absolute Gasteiger partial charge is 0.0884 e. The van der Waals surface area contributed by atoms with Gasteiger partial charge >= 0.3 is 0 Å². The number of fused-ring (bicyclic) bond motifs is 2. The van der Waals surface area contributed by atoms with Crippen molar-refractivity contribution in [2.75, 3.05) is 0 Å². The van der Waals surface area contributed by atoms with Crippen LogP contribution in [0.4, 0.5) is 0 Å². The molecule has 2 aromatic carbocycles. The van der Waals surface area contributed by atoms with E-state index < -0.39 is 0 Å². The number of hydrogen-bond donors (Lipinski definition) is 0. The molecule has 0 aromatic heterocycles. The first-order valence-corrected chi connectivity index (χ1v) is 12.3. The van der Waals surface area contributed by atoms with Gasteiger partial charge in [-0.1, -0.05) is 88.8 Å². The summed E-state index contributed by atoms with van der Waals surface area (Å²) in [5.41, 5.74) is 1.33. The van der Waals surface area contributed by atoms with Crippen molar-refractivity contribution in [1.29, 1.82) is 0 Å². The van der Waals surface area contributed by atoms with Gasteiger partial charge in [-0.15, -0.1) is 0 Å². The first-order valence-electron chi connectivity index (χ1n) is 7.23. The standard InChI is InChI=1S/C18H10S6/c1-2-4-13-12(3-1)22-14-6-5-11(9-15(14)23-13)16-10-21-18(24-16)17-19-7-8-20-17/h1-10H. The molecule has 0 amide bonds. The summed E-state index contributed by atoms with van der Waals surface area (Å²) in [7, 11) is 0. The summed E-state index contributed by atoms with van der Waals surface area (Å²) in [6.45, 7) is 0. The van der Waals surface area contributed by atoms with E-state index in [-0.39, 0.29) is 0 Å². The third-order valence-corrected chi connectivity index (χ3v) is 11.2. The highest BCUT2D eigenvalue weighted by Crippen LogP contribution is 2.56. The summed E-state index contributed by atoms with van der Waals surface area (Å²) in [5, 5.41) is 6.62. The summed E-state index contributed by atoms with van der Waals surface area (Å²) in [6.07, 6.45) is 0. The lowest BCUT2D eigenvalue weighted by Gasteiger charge is -2.18. The van der Waals surface area contributed by atoms with Crippen LogP contribution < -0.4 is 0 Å². The molecule has 0 N–H and O–H groups in total. The molecule has 0 radical (unpaired) electrons. The summed E-state index contributed by atoms with van der Waals surface area (Å²) in [4.78, 5) is 6.83. The molecule has 5 rings (SSSR count). The van der Waals surface area contributed by atoms with Crippen molar-refractivity contribution < 1.29 is 0 Å². The van der Waals surface area contributed by atoms with Crippen molar-refractivity contribution in [3.8, 4) is 0 Å². The zero-order valence-electron chi connectivity index (χ0n) is 12.2. The molecule has 24 heavy (non-hydrogen) atoms. The summed E-state index contributed by atoms with van der Waals surface area (Å²) in [6, 6.07) is 15.5. The predicted octanol–water partition coefficient (Wildman–Crippen LogP) is 8.16. The molecule has 0 saturated heterocycles. The molecule has 0 saturated carbocycles. The fraction of sp³-hybridized carbons (Fsp3) is 0. The maximum absolute atomic E-state index is 2.35. The van der Waals surface area contributed by atoms with Gasteiger partial charge < -0.3 is 0 Å². The lowest BCUT2D eigenvalue weighted by molar-refractivity contribution is 1.15. The van der Waals surface area contributed by atoms with Gasteiger partial charge in [0.1, 0.15) is 0 Å². The van der Waals surface area contributed by atoms with Crippen molar-refractivity contribution >= 4 is 75.5 Å². The fourth-order valence-corrected chi connectivity index (χ4v) is 9.18. The Kier molecular flexibility index (Phi) is 4.54. The van der Waals surface area contributed by atoms with Gasteiger partial charge in [-0.3, -0.25) is 0 Å². The van der Waals surface area contributed by atoms with Gasteiger partial charge in [0.05, 0.1) is 8.47 Å². The van der Waals surface area contributed by atoms with Crippen LogP contribution in [0.1, 0.15) is 5.56 Å². The minimum Gasteiger partial charge on any atom is -0.0884 e. The van der Waals surface area contributed by atoms with Crippen LogP contribution >= 0.6 is 70.6 Å². The second kappa shape index (κ2) is 6.82. The van der Waals surface area contributed by atoms with E-state index >= 15 is 0 Å². The highest BCUT2D eigenvalue weighted by Gasteiger charge is 2.22. The average molecular weight is 419 g/mol. The Hall–Kier alpha value is -0.240. The van der Waals surface area contributed by atoms with Gasteiger partial charge in [0, 0.05) is 24.5 Å². The summed E-state index contributed by atoms with van der Waals surface area (Å²) < 4.78 is 2.82. The molecule has 0 aliphatic carbocycles. The Morgan fingerprint density at radius 1 is 0.583 bits per heavy atom. The van der Waals surface area contributed by atoms with E-state index in [9.17, 15) is 0 Å². The Balaban J connectivity index is 1.43. The van der Waals surface area contributed by atoms with Crippen LogP contribution in [0.15, 0.2) is 86.7 Å². The van der Waals surface area contributed by atoms with E-state index in [1.165, 1.54) is 38.5 Å². The highest BCUT2D eigenvalue weighted by atomic mass is 32.2. The normalized spacial score (nSPS) is 18.6. The number of benzene rings is 2. The number of hydrogen-bond acceptors (Lipinski definition) is 6. The molecule has 3 aliphatic heterocycles. The van der Waals surface area contributed by atoms with Crippen molar-refractivity contribution in [3.63, 3.8) is 0 Å². The predicted molar refractivity (Wildman–Crippen MR) is 116 cm³/mol. The average Bonchev–Trinajstić information content (AvgIpc) is 3.30. The van der Waals surface area contributed by atoms with E-state index in [1.54, 1.807) is 0 Å². The highest BCUT2D eigenvalue weighted by molar-refractivity contribution is 8.35. The molecular weight excluding hydrogens is 409 g/mol. The summed E-state index contributed by atoms with van der Waals surface area (Å²) in [5.74, 6) is 0. The van der Waals surface area contributed by atoms with Crippen LogP contribution in [0.3, 0.4) is 0 Å². The van der Waals surface area contributed by atoms with Gasteiger partial charge in [0.25, 0.3) is 0 Å². The monoisotopic (exact) mass is 418 g/mol. The van der Waals surface area contributed by atoms with E-state index in [4.69, 9.17) is 0 Å². The Morgan fingerprint density at radius 2 is 1.29 bits per heavy atom. The zero-order chi connectivity index (χ0) is 15.9. The third-order valence-electron chi connectivity index (χ3n) is 3.57. The minimum absolute atomic E-state index is 1.33. The van der Waals surface area contributed by atoms with Gasteiger partial charge in [-0.25, -0.2) is 0 Å². The molecule has 0 unspecified atom stereocenters. The van der Waals surface area contributed by atoms with E-state index in [2.05, 4.69) is 58.7 Å². The quantitative estimate of drug-likeness (QED) is 0.388. The fourth-order valence-electron chi connectivity index (χ4n) is 2.46. The van der Waals surface area contributed by atoms with Crippen LogP contribution in [0.5, 0.6) is 0 Å². The van der Waals surface area contributed by atoms with Gasteiger partial charge in [-0.05, 0) is 46.1 Å². The Labute approximate surface area is 166 Å². The molecule has 118 valence electrons. The Morgan fingerprint density at radius 3 is 2.08 bits per heavy atom. The second-order valence-corrected chi connectivity index (χ2v) is 11.5. The summed E-state index contributed by atoms with van der Waals surface area (Å²) >= 11 is 11.2. The maximum Gasteiger partial charge on any atom is 0.0700 e. The van der Waals surface area contributed by atoms with E-state index in [0.29, 0.717) is 0 Å². The molecule has 0 nitrogen and oxygen atoms in total. The van der Waals surface area contributed by atoms with Crippen molar-refractivity contribution in [2.24, 2.45) is 0 Å². The zero-order valence-corrected chi connectivity index (χ0v) is 17.1. The maximum atomic E-state index is 2.35. The first kappa shape index (κ1) is 16.0. The van der Waals surface area contributed by atoms with Crippen LogP contribution in [0, 0.1) is 0 Å². The van der Waals surface area contributed by atoms with Crippen molar-refractivity contribution in [1.82, 2.24) is 0 Å². The van der Waals surface area contributed by atoms with Gasteiger partial charge in [0.2, 0.25) is 0 Å². The molecule has 0 fully saturated rings. The van der Waals surface area contributed by atoms with Crippen LogP contribution in [-0.2, 0) is 0 Å². The van der Waals surface area contributed by atoms with Crippen LogP contribution in [-0.4, -0.2) is 0 Å². The number of rotatable bonds is 1. The van der Waals surface area contributed by atoms with Gasteiger partial charge in [-0.2, -0.15) is 0 Å². The molecule has 0 spiro atoms. The molecule has 0 atom stereocenters. The molecule has 2 aromatic rings. The smallest absolute Gasteiger partial charge is 0.0700 e. The molecule has 3 aliphatic rings. The molecule has 0 bridgehead atoms. The SMILES string of the molecule is C1=CSC(=C2SC=C(c3ccc4c(c3)Sc3ccccc3S4)S2)S1. The van der Waals surface area contributed by atoms with Crippen LogP contribution in [0.25, 0.3) is 4.91 Å². The molecule has 6 heteroatoms. The molecule has 3 heterocycles. The van der Waals surface area contributed by atoms with Crippen molar-refractivity contribution in [3.05, 3.63) is 72.7 Å². The number of thioether (sulfide) groups is 4. The third kappa shape index (κ3) is 3.02. The lowest BCUT2D eigenvalue weighted by Crippen LogP contribution is -1.90. The topological polar surface area (TPSA) is 0 Å². The minimum atomic E-state index is 1.33. The van der Waals surface area contributed by atoms with E-state index in [1.807, 2.05) is 70.6 Å². The van der Waals surface area contributed by atoms with Crippen LogP contribution in [0.2, 0.25) is 0 Å². The van der Waals surface area contributed by atoms with Crippen molar-refractivity contribution in [2.45, 2.75) is 19.6 Å². The Bertz CT molecular complexity index is 915. The molecular formula is C18H10S6. The first-order chi connectivity index (χ1) is 11.9. The second-order valence-electron chi connectivity index (χ2n) is 5.10.